The highest BCUT2D eigenvalue weighted by molar-refractivity contribution is 7.18. The first-order chi connectivity index (χ1) is 12.5. The van der Waals surface area contributed by atoms with Gasteiger partial charge in [0.1, 0.15) is 11.0 Å². The van der Waals surface area contributed by atoms with Crippen molar-refractivity contribution >= 4 is 39.9 Å². The van der Waals surface area contributed by atoms with E-state index in [1.165, 1.54) is 11.3 Å². The fraction of sp³-hybridized carbons (Fsp3) is 0.444. The summed E-state index contributed by atoms with van der Waals surface area (Å²) in [6.45, 7) is 3.95. The second-order valence-corrected chi connectivity index (χ2v) is 7.97. The molecule has 1 saturated carbocycles. The van der Waals surface area contributed by atoms with Crippen molar-refractivity contribution in [3.8, 4) is 10.6 Å². The minimum Gasteiger partial charge on any atom is -0.344 e. The molecule has 2 atom stereocenters. The maximum absolute atomic E-state index is 12.7. The Balaban J connectivity index is 1.68. The van der Waals surface area contributed by atoms with Crippen LogP contribution in [0.5, 0.6) is 0 Å². The van der Waals surface area contributed by atoms with Crippen molar-refractivity contribution in [3.05, 3.63) is 29.3 Å². The number of rotatable bonds is 7. The molecule has 3 rings (SSSR count). The van der Waals surface area contributed by atoms with Gasteiger partial charge in [-0.2, -0.15) is 0 Å². The molecule has 1 aromatic heterocycles. The average molecular weight is 393 g/mol. The topological polar surface area (TPSA) is 84.0 Å². The maximum atomic E-state index is 12.7. The number of amides is 2. The van der Waals surface area contributed by atoms with E-state index in [-0.39, 0.29) is 23.7 Å². The van der Waals surface area contributed by atoms with Crippen LogP contribution in [0.15, 0.2) is 24.3 Å². The summed E-state index contributed by atoms with van der Waals surface area (Å²) in [5.74, 6) is -0.203. The van der Waals surface area contributed by atoms with Crippen LogP contribution in [-0.4, -0.2) is 28.1 Å². The molecule has 138 valence electrons. The van der Waals surface area contributed by atoms with Gasteiger partial charge in [0.25, 0.3) is 0 Å². The first-order valence-corrected chi connectivity index (χ1v) is 9.88. The van der Waals surface area contributed by atoms with Gasteiger partial charge in [-0.25, -0.2) is 0 Å². The number of halogens is 1. The Labute approximate surface area is 161 Å². The van der Waals surface area contributed by atoms with Crippen molar-refractivity contribution in [2.24, 2.45) is 11.8 Å². The van der Waals surface area contributed by atoms with Crippen LogP contribution in [0.25, 0.3) is 10.6 Å². The van der Waals surface area contributed by atoms with Gasteiger partial charge in [-0.3, -0.25) is 14.9 Å². The zero-order chi connectivity index (χ0) is 18.7. The molecule has 2 aromatic rings. The lowest BCUT2D eigenvalue weighted by atomic mass is 9.98. The smallest absolute Gasteiger partial charge is 0.249 e. The van der Waals surface area contributed by atoms with Crippen LogP contribution < -0.4 is 10.6 Å². The number of carbonyl (C=O) groups excluding carboxylic acids is 2. The first-order valence-electron chi connectivity index (χ1n) is 8.68. The minimum atomic E-state index is -0.573. The Morgan fingerprint density at radius 3 is 2.58 bits per heavy atom. The number of benzene rings is 1. The van der Waals surface area contributed by atoms with Gasteiger partial charge in [-0.05, 0) is 30.9 Å². The molecule has 0 radical (unpaired) electrons. The second kappa shape index (κ2) is 8.14. The van der Waals surface area contributed by atoms with Crippen molar-refractivity contribution < 1.29 is 9.59 Å². The van der Waals surface area contributed by atoms with Gasteiger partial charge in [0, 0.05) is 16.5 Å². The zero-order valence-corrected chi connectivity index (χ0v) is 16.2. The Morgan fingerprint density at radius 1 is 1.27 bits per heavy atom. The van der Waals surface area contributed by atoms with E-state index in [9.17, 15) is 9.59 Å². The van der Waals surface area contributed by atoms with E-state index < -0.39 is 6.04 Å². The van der Waals surface area contributed by atoms with E-state index >= 15 is 0 Å². The molecular weight excluding hydrogens is 372 g/mol. The van der Waals surface area contributed by atoms with Gasteiger partial charge in [0.2, 0.25) is 16.9 Å². The lowest BCUT2D eigenvalue weighted by molar-refractivity contribution is -0.128. The molecule has 1 aliphatic carbocycles. The standard InChI is InChI=1S/C18H21ClN4O2S/c1-3-10(2)14(20-15(24)11-4-5-11)16(25)21-18-23-22-17(26-18)12-6-8-13(19)9-7-12/h6-11,14H,3-5H2,1-2H3,(H,20,24)(H,21,23,25)/t10-,14+/m1/s1. The van der Waals surface area contributed by atoms with Crippen LogP contribution in [0.1, 0.15) is 33.1 Å². The predicted octanol–water partition coefficient (Wildman–Crippen LogP) is 3.74. The van der Waals surface area contributed by atoms with E-state index in [0.29, 0.717) is 15.2 Å². The van der Waals surface area contributed by atoms with Gasteiger partial charge >= 0.3 is 0 Å². The van der Waals surface area contributed by atoms with Gasteiger partial charge < -0.3 is 5.32 Å². The Bertz CT molecular complexity index is 789. The summed E-state index contributed by atoms with van der Waals surface area (Å²) in [5, 5.41) is 15.6. The zero-order valence-electron chi connectivity index (χ0n) is 14.7. The first kappa shape index (κ1) is 18.8. The summed E-state index contributed by atoms with van der Waals surface area (Å²) in [6.07, 6.45) is 2.60. The third-order valence-electron chi connectivity index (χ3n) is 4.49. The predicted molar refractivity (Wildman–Crippen MR) is 103 cm³/mol. The van der Waals surface area contributed by atoms with E-state index in [2.05, 4.69) is 20.8 Å². The van der Waals surface area contributed by atoms with Crippen LogP contribution in [-0.2, 0) is 9.59 Å². The summed E-state index contributed by atoms with van der Waals surface area (Å²) >= 11 is 7.18. The van der Waals surface area contributed by atoms with E-state index in [4.69, 9.17) is 11.6 Å². The quantitative estimate of drug-likeness (QED) is 0.751. The van der Waals surface area contributed by atoms with Gasteiger partial charge in [0.05, 0.1) is 0 Å². The molecule has 0 aliphatic heterocycles. The summed E-state index contributed by atoms with van der Waals surface area (Å²) in [6, 6.07) is 6.70. The SMILES string of the molecule is CC[C@@H](C)[C@H](NC(=O)C1CC1)C(=O)Nc1nnc(-c2ccc(Cl)cc2)s1. The van der Waals surface area contributed by atoms with Gasteiger partial charge in [-0.15, -0.1) is 10.2 Å². The second-order valence-electron chi connectivity index (χ2n) is 6.55. The third kappa shape index (κ3) is 4.59. The van der Waals surface area contributed by atoms with Gasteiger partial charge in [-0.1, -0.05) is 55.3 Å². The van der Waals surface area contributed by atoms with Crippen molar-refractivity contribution in [3.63, 3.8) is 0 Å². The molecule has 0 saturated heterocycles. The van der Waals surface area contributed by atoms with Crippen LogP contribution >= 0.6 is 22.9 Å². The summed E-state index contributed by atoms with van der Waals surface area (Å²) < 4.78 is 0. The fourth-order valence-electron chi connectivity index (χ4n) is 2.48. The van der Waals surface area contributed by atoms with E-state index in [1.807, 2.05) is 26.0 Å². The highest BCUT2D eigenvalue weighted by Crippen LogP contribution is 2.30. The largest absolute Gasteiger partial charge is 0.344 e. The molecule has 2 N–H and O–H groups in total. The molecule has 26 heavy (non-hydrogen) atoms. The Hall–Kier alpha value is -1.99. The van der Waals surface area contributed by atoms with Crippen molar-refractivity contribution in [1.82, 2.24) is 15.5 Å². The molecule has 0 bridgehead atoms. The molecule has 1 aromatic carbocycles. The molecule has 2 amide bonds. The number of nitrogens with one attached hydrogen (secondary N) is 2. The molecular formula is C18H21ClN4O2S. The molecule has 6 nitrogen and oxygen atoms in total. The third-order valence-corrected chi connectivity index (χ3v) is 5.63. The van der Waals surface area contributed by atoms with E-state index in [1.54, 1.807) is 12.1 Å². The summed E-state index contributed by atoms with van der Waals surface area (Å²) in [7, 11) is 0. The number of hydrogen-bond donors (Lipinski definition) is 2. The average Bonchev–Trinajstić information content (AvgIpc) is 3.39. The molecule has 1 heterocycles. The van der Waals surface area contributed by atoms with E-state index in [0.717, 1.165) is 24.8 Å². The fourth-order valence-corrected chi connectivity index (χ4v) is 3.36. The lowest BCUT2D eigenvalue weighted by Crippen LogP contribution is -2.48. The number of aromatic nitrogens is 2. The summed E-state index contributed by atoms with van der Waals surface area (Å²) in [4.78, 5) is 24.8. The molecule has 1 aliphatic rings. The molecule has 0 spiro atoms. The van der Waals surface area contributed by atoms with Crippen molar-refractivity contribution in [2.75, 3.05) is 5.32 Å². The Morgan fingerprint density at radius 2 is 1.96 bits per heavy atom. The highest BCUT2D eigenvalue weighted by Gasteiger charge is 2.34. The minimum absolute atomic E-state index is 0.0290. The van der Waals surface area contributed by atoms with Crippen LogP contribution in [0.4, 0.5) is 5.13 Å². The van der Waals surface area contributed by atoms with Crippen LogP contribution in [0.3, 0.4) is 0 Å². The van der Waals surface area contributed by atoms with Crippen molar-refractivity contribution in [2.45, 2.75) is 39.2 Å². The van der Waals surface area contributed by atoms with Gasteiger partial charge in [0.15, 0.2) is 0 Å². The molecule has 0 unspecified atom stereocenters. The molecule has 1 fully saturated rings. The normalized spacial score (nSPS) is 16.0. The number of nitrogens with zero attached hydrogens (tertiary/aromatic N) is 2. The van der Waals surface area contributed by atoms with Crippen molar-refractivity contribution in [1.29, 1.82) is 0 Å². The maximum Gasteiger partial charge on any atom is 0.249 e. The highest BCUT2D eigenvalue weighted by atomic mass is 35.5. The Kier molecular flexibility index (Phi) is 5.88. The monoisotopic (exact) mass is 392 g/mol. The lowest BCUT2D eigenvalue weighted by Gasteiger charge is -2.22. The van der Waals surface area contributed by atoms with Crippen LogP contribution in [0.2, 0.25) is 5.02 Å². The number of carbonyl (C=O) groups is 2. The number of hydrogen-bond acceptors (Lipinski definition) is 5. The number of anilines is 1. The molecule has 8 heteroatoms. The summed E-state index contributed by atoms with van der Waals surface area (Å²) in [5.41, 5.74) is 0.882. The van der Waals surface area contributed by atoms with Crippen LogP contribution in [0, 0.1) is 11.8 Å².